The molecule has 1 heterocycles. The number of carbonyl (C=O) groups is 3. The first-order valence-corrected chi connectivity index (χ1v) is 11.0. The predicted octanol–water partition coefficient (Wildman–Crippen LogP) is 2.58. The van der Waals surface area contributed by atoms with Gasteiger partial charge in [0.1, 0.15) is 17.5 Å². The number of aliphatic imine (C=N–C) groups is 1. The smallest absolute Gasteiger partial charge is 0.222 e. The number of benzene rings is 1. The molecule has 1 saturated carbocycles. The van der Waals surface area contributed by atoms with Gasteiger partial charge in [0.25, 0.3) is 0 Å². The SMILES string of the molecule is CC(C)CC(=O)N1CCN(CCN=CC2C(=O)CC(c3ccccc3)CC2=O)CC1. The molecule has 0 spiro atoms. The van der Waals surface area contributed by atoms with Gasteiger partial charge in [-0.15, -0.1) is 0 Å². The van der Waals surface area contributed by atoms with Gasteiger partial charge in [0.2, 0.25) is 5.91 Å². The van der Waals surface area contributed by atoms with Gasteiger partial charge in [-0.25, -0.2) is 0 Å². The van der Waals surface area contributed by atoms with Crippen LogP contribution >= 0.6 is 0 Å². The van der Waals surface area contributed by atoms with Gasteiger partial charge in [0, 0.05) is 58.2 Å². The number of hydrogen-bond acceptors (Lipinski definition) is 5. The van der Waals surface area contributed by atoms with E-state index < -0.39 is 5.92 Å². The molecule has 1 amide bonds. The van der Waals surface area contributed by atoms with E-state index in [1.165, 1.54) is 0 Å². The summed E-state index contributed by atoms with van der Waals surface area (Å²) in [4.78, 5) is 45.8. The average Bonchev–Trinajstić information content (AvgIpc) is 2.73. The number of rotatable bonds is 7. The number of ketones is 2. The predicted molar refractivity (Wildman–Crippen MR) is 118 cm³/mol. The van der Waals surface area contributed by atoms with E-state index in [1.807, 2.05) is 35.2 Å². The third-order valence-corrected chi connectivity index (χ3v) is 5.97. The molecule has 0 radical (unpaired) electrons. The van der Waals surface area contributed by atoms with Gasteiger partial charge in [0.15, 0.2) is 0 Å². The minimum Gasteiger partial charge on any atom is -0.340 e. The van der Waals surface area contributed by atoms with E-state index in [4.69, 9.17) is 0 Å². The van der Waals surface area contributed by atoms with E-state index in [9.17, 15) is 14.4 Å². The first-order chi connectivity index (χ1) is 14.4. The van der Waals surface area contributed by atoms with Crippen molar-refractivity contribution < 1.29 is 14.4 Å². The molecule has 1 saturated heterocycles. The Kier molecular flexibility index (Phi) is 7.91. The van der Waals surface area contributed by atoms with Crippen molar-refractivity contribution in [3.63, 3.8) is 0 Å². The minimum absolute atomic E-state index is 0.00875. The Morgan fingerprint density at radius 3 is 2.30 bits per heavy atom. The van der Waals surface area contributed by atoms with Gasteiger partial charge in [-0.05, 0) is 17.4 Å². The lowest BCUT2D eigenvalue weighted by Gasteiger charge is -2.34. The second-order valence-corrected chi connectivity index (χ2v) is 8.80. The molecule has 1 aromatic carbocycles. The molecule has 30 heavy (non-hydrogen) atoms. The molecule has 6 heteroatoms. The number of hydrogen-bond donors (Lipinski definition) is 0. The van der Waals surface area contributed by atoms with Crippen LogP contribution in [-0.4, -0.2) is 72.8 Å². The number of Topliss-reactive ketones (excluding diaryl/α,β-unsaturated/α-hetero) is 2. The van der Waals surface area contributed by atoms with Crippen molar-refractivity contribution in [3.8, 4) is 0 Å². The van der Waals surface area contributed by atoms with Crippen LogP contribution in [0.25, 0.3) is 0 Å². The number of nitrogens with zero attached hydrogens (tertiary/aromatic N) is 3. The highest BCUT2D eigenvalue weighted by Crippen LogP contribution is 2.31. The minimum atomic E-state index is -0.685. The molecule has 6 nitrogen and oxygen atoms in total. The summed E-state index contributed by atoms with van der Waals surface area (Å²) in [6.07, 6.45) is 2.98. The van der Waals surface area contributed by atoms with E-state index in [2.05, 4.69) is 23.7 Å². The Labute approximate surface area is 179 Å². The monoisotopic (exact) mass is 411 g/mol. The molecule has 2 fully saturated rings. The van der Waals surface area contributed by atoms with Crippen LogP contribution in [0.4, 0.5) is 0 Å². The second-order valence-electron chi connectivity index (χ2n) is 8.80. The zero-order chi connectivity index (χ0) is 21.5. The van der Waals surface area contributed by atoms with Crippen molar-refractivity contribution in [2.45, 2.75) is 39.0 Å². The zero-order valence-corrected chi connectivity index (χ0v) is 18.1. The molecule has 0 aromatic heterocycles. The van der Waals surface area contributed by atoms with Gasteiger partial charge in [-0.1, -0.05) is 44.2 Å². The molecule has 1 aliphatic carbocycles. The maximum Gasteiger partial charge on any atom is 0.222 e. The van der Waals surface area contributed by atoms with Crippen molar-refractivity contribution in [1.29, 1.82) is 0 Å². The van der Waals surface area contributed by atoms with Crippen molar-refractivity contribution in [3.05, 3.63) is 35.9 Å². The van der Waals surface area contributed by atoms with Crippen LogP contribution in [0, 0.1) is 11.8 Å². The summed E-state index contributed by atoms with van der Waals surface area (Å²) in [5.74, 6) is -0.118. The number of amides is 1. The Morgan fingerprint density at radius 2 is 1.70 bits per heavy atom. The molecule has 1 aromatic rings. The van der Waals surface area contributed by atoms with Crippen LogP contribution in [-0.2, 0) is 14.4 Å². The van der Waals surface area contributed by atoms with E-state index in [-0.39, 0.29) is 23.4 Å². The van der Waals surface area contributed by atoms with E-state index >= 15 is 0 Å². The summed E-state index contributed by atoms with van der Waals surface area (Å²) < 4.78 is 0. The lowest BCUT2D eigenvalue weighted by molar-refractivity contribution is -0.134. The van der Waals surface area contributed by atoms with Gasteiger partial charge < -0.3 is 4.90 Å². The highest BCUT2D eigenvalue weighted by Gasteiger charge is 2.34. The molecule has 0 unspecified atom stereocenters. The quantitative estimate of drug-likeness (QED) is 0.511. The van der Waals surface area contributed by atoms with Gasteiger partial charge in [-0.3, -0.25) is 24.3 Å². The standard InChI is InChI=1S/C24H33N3O3/c1-18(2)14-24(30)27-12-10-26(11-13-27)9-8-25-17-21-22(28)15-20(16-23(21)29)19-6-4-3-5-7-19/h3-7,17-18,20-21H,8-16H2,1-2H3. The van der Waals surface area contributed by atoms with Crippen LogP contribution in [0.1, 0.15) is 44.6 Å². The Balaban J connectivity index is 1.40. The first kappa shape index (κ1) is 22.3. The fourth-order valence-electron chi connectivity index (χ4n) is 4.20. The fraction of sp³-hybridized carbons (Fsp3) is 0.583. The van der Waals surface area contributed by atoms with Crippen LogP contribution in [0.3, 0.4) is 0 Å². The van der Waals surface area contributed by atoms with Gasteiger partial charge >= 0.3 is 0 Å². The summed E-state index contributed by atoms with van der Waals surface area (Å²) in [6.45, 7) is 8.69. The molecular formula is C24H33N3O3. The molecule has 162 valence electrons. The topological polar surface area (TPSA) is 70.1 Å². The average molecular weight is 412 g/mol. The van der Waals surface area contributed by atoms with Crippen LogP contribution in [0.15, 0.2) is 35.3 Å². The third-order valence-electron chi connectivity index (χ3n) is 5.97. The molecule has 0 atom stereocenters. The molecule has 0 bridgehead atoms. The molecule has 2 aliphatic rings. The summed E-state index contributed by atoms with van der Waals surface area (Å²) in [7, 11) is 0. The van der Waals surface area contributed by atoms with E-state index in [0.717, 1.165) is 38.3 Å². The fourth-order valence-corrected chi connectivity index (χ4v) is 4.20. The molecular weight excluding hydrogens is 378 g/mol. The van der Waals surface area contributed by atoms with Crippen LogP contribution in [0.2, 0.25) is 0 Å². The molecule has 1 aliphatic heterocycles. The van der Waals surface area contributed by atoms with E-state index in [1.54, 1.807) is 6.21 Å². The Bertz CT molecular complexity index is 749. The normalized spacial score (nSPS) is 23.5. The summed E-state index contributed by atoms with van der Waals surface area (Å²) in [6, 6.07) is 9.79. The van der Waals surface area contributed by atoms with Crippen molar-refractivity contribution in [2.75, 3.05) is 39.3 Å². The third kappa shape index (κ3) is 6.08. The molecule has 0 N–H and O–H groups in total. The number of carbonyl (C=O) groups excluding carboxylic acids is 3. The summed E-state index contributed by atoms with van der Waals surface area (Å²) in [5.41, 5.74) is 1.06. The lowest BCUT2D eigenvalue weighted by Crippen LogP contribution is -2.49. The van der Waals surface area contributed by atoms with Crippen molar-refractivity contribution in [2.24, 2.45) is 16.8 Å². The van der Waals surface area contributed by atoms with Crippen LogP contribution in [0.5, 0.6) is 0 Å². The first-order valence-electron chi connectivity index (χ1n) is 11.0. The maximum atomic E-state index is 12.5. The van der Waals surface area contributed by atoms with E-state index in [0.29, 0.717) is 31.7 Å². The summed E-state index contributed by atoms with van der Waals surface area (Å²) >= 11 is 0. The maximum absolute atomic E-state index is 12.5. The number of piperazine rings is 1. The van der Waals surface area contributed by atoms with Crippen molar-refractivity contribution >= 4 is 23.7 Å². The van der Waals surface area contributed by atoms with Gasteiger partial charge in [0.05, 0.1) is 6.54 Å². The Morgan fingerprint density at radius 1 is 1.07 bits per heavy atom. The lowest BCUT2D eigenvalue weighted by atomic mass is 9.77. The Hall–Kier alpha value is -2.34. The van der Waals surface area contributed by atoms with Crippen molar-refractivity contribution in [1.82, 2.24) is 9.80 Å². The highest BCUT2D eigenvalue weighted by molar-refractivity contribution is 6.16. The van der Waals surface area contributed by atoms with Gasteiger partial charge in [-0.2, -0.15) is 0 Å². The highest BCUT2D eigenvalue weighted by atomic mass is 16.2. The van der Waals surface area contributed by atoms with Crippen LogP contribution < -0.4 is 0 Å². The zero-order valence-electron chi connectivity index (χ0n) is 18.1. The largest absolute Gasteiger partial charge is 0.340 e. The second kappa shape index (κ2) is 10.6. The summed E-state index contributed by atoms with van der Waals surface area (Å²) in [5, 5.41) is 0. The molecule has 3 rings (SSSR count).